The monoisotopic (exact) mass is 523 g/mol. The van der Waals surface area contributed by atoms with Crippen LogP contribution in [-0.4, -0.2) is 57.6 Å². The number of sulfone groups is 1. The minimum atomic E-state index is -3.82. The van der Waals surface area contributed by atoms with Gasteiger partial charge in [-0.2, -0.15) is 0 Å². The summed E-state index contributed by atoms with van der Waals surface area (Å²) in [5.74, 6) is 0.286. The number of aromatic nitrogens is 6. The molecule has 0 spiro atoms. The summed E-state index contributed by atoms with van der Waals surface area (Å²) >= 11 is 0. The van der Waals surface area contributed by atoms with E-state index in [1.807, 2.05) is 0 Å². The van der Waals surface area contributed by atoms with Gasteiger partial charge in [0.25, 0.3) is 5.82 Å². The van der Waals surface area contributed by atoms with E-state index in [4.69, 9.17) is 16.0 Å². The van der Waals surface area contributed by atoms with E-state index >= 15 is 0 Å². The van der Waals surface area contributed by atoms with Crippen LogP contribution in [0.2, 0.25) is 0 Å². The van der Waals surface area contributed by atoms with Gasteiger partial charge in [0.1, 0.15) is 28.8 Å². The van der Waals surface area contributed by atoms with E-state index in [2.05, 4.69) is 30.0 Å². The number of pyridine rings is 1. The maximum Gasteiger partial charge on any atom is 0.270 e. The molecule has 0 radical (unpaired) electrons. The fourth-order valence-corrected chi connectivity index (χ4v) is 4.86. The maximum atomic E-state index is 13.4. The van der Waals surface area contributed by atoms with Crippen LogP contribution in [0.4, 0.5) is 10.2 Å². The van der Waals surface area contributed by atoms with Crippen molar-refractivity contribution in [3.63, 3.8) is 0 Å². The zero-order valence-corrected chi connectivity index (χ0v) is 21.0. The van der Waals surface area contributed by atoms with E-state index in [1.54, 1.807) is 36.4 Å². The van der Waals surface area contributed by atoms with Crippen molar-refractivity contribution in [2.45, 2.75) is 24.3 Å². The molecule has 4 rings (SSSR count). The third-order valence-corrected chi connectivity index (χ3v) is 7.57. The molecule has 13 heteroatoms. The van der Waals surface area contributed by atoms with Crippen molar-refractivity contribution in [2.75, 3.05) is 14.2 Å². The quantitative estimate of drug-likeness (QED) is 0.303. The SMILES string of the molecule is [C-]#[N+]c1cccc(-c2nnc(CS(=O)(=O)[C@H](C)Cc3ncc(F)cn3)n2-c2c(OC)cccc2OC)n1. The van der Waals surface area contributed by atoms with Crippen LogP contribution in [0, 0.1) is 12.4 Å². The van der Waals surface area contributed by atoms with Gasteiger partial charge < -0.3 is 14.3 Å². The molecule has 0 fully saturated rings. The number of hydrogen-bond donors (Lipinski definition) is 0. The summed E-state index contributed by atoms with van der Waals surface area (Å²) in [6, 6.07) is 9.95. The third-order valence-electron chi connectivity index (χ3n) is 5.52. The van der Waals surface area contributed by atoms with Gasteiger partial charge in [0, 0.05) is 6.42 Å². The molecule has 1 atom stereocenters. The fourth-order valence-electron chi connectivity index (χ4n) is 3.62. The van der Waals surface area contributed by atoms with Gasteiger partial charge >= 0.3 is 0 Å². The van der Waals surface area contributed by atoms with Crippen molar-refractivity contribution in [1.29, 1.82) is 0 Å². The second-order valence-corrected chi connectivity index (χ2v) is 10.3. The molecule has 0 aliphatic rings. The van der Waals surface area contributed by atoms with Crippen molar-refractivity contribution in [2.24, 2.45) is 0 Å². The Kier molecular flexibility index (Phi) is 7.40. The first kappa shape index (κ1) is 25.6. The highest BCUT2D eigenvalue weighted by atomic mass is 32.2. The molecule has 0 saturated carbocycles. The average Bonchev–Trinajstić information content (AvgIpc) is 3.31. The molecule has 190 valence electrons. The standard InChI is InChI=1S/C24H22FN7O4S/c1-15(11-21-27-12-16(25)13-28-21)37(33,34)14-22-30-31-24(17-7-5-10-20(26-2)29-17)32(22)23-18(35-3)8-6-9-19(23)36-4/h5-10,12-13,15H,11,14H2,1,3-4H3/t15-/m1/s1. The van der Waals surface area contributed by atoms with Crippen LogP contribution in [0.25, 0.3) is 22.1 Å². The Labute approximate surface area is 212 Å². The minimum absolute atomic E-state index is 0.0177. The molecular formula is C24H22FN7O4S. The second-order valence-electron chi connectivity index (χ2n) is 7.92. The van der Waals surface area contributed by atoms with Crippen LogP contribution in [0.5, 0.6) is 11.5 Å². The minimum Gasteiger partial charge on any atom is -0.494 e. The van der Waals surface area contributed by atoms with Gasteiger partial charge in [-0.3, -0.25) is 4.57 Å². The number of halogens is 1. The molecule has 3 aromatic heterocycles. The number of benzene rings is 1. The van der Waals surface area contributed by atoms with E-state index in [9.17, 15) is 12.8 Å². The van der Waals surface area contributed by atoms with Crippen LogP contribution in [0.1, 0.15) is 18.6 Å². The van der Waals surface area contributed by atoms with Gasteiger partial charge in [-0.1, -0.05) is 18.7 Å². The number of nitrogens with zero attached hydrogens (tertiary/aromatic N) is 7. The van der Waals surface area contributed by atoms with E-state index in [-0.39, 0.29) is 29.7 Å². The van der Waals surface area contributed by atoms with Crippen LogP contribution in [0.15, 0.2) is 48.8 Å². The molecule has 3 heterocycles. The van der Waals surface area contributed by atoms with Crippen LogP contribution >= 0.6 is 0 Å². The van der Waals surface area contributed by atoms with Crippen molar-refractivity contribution < 1.29 is 22.3 Å². The lowest BCUT2D eigenvalue weighted by Gasteiger charge is -2.17. The van der Waals surface area contributed by atoms with Gasteiger partial charge in [0.2, 0.25) is 5.82 Å². The van der Waals surface area contributed by atoms with E-state index in [0.29, 0.717) is 22.9 Å². The van der Waals surface area contributed by atoms with Crippen LogP contribution < -0.4 is 9.47 Å². The third kappa shape index (κ3) is 5.39. The molecule has 0 N–H and O–H groups in total. The van der Waals surface area contributed by atoms with Crippen molar-refractivity contribution in [3.8, 4) is 28.7 Å². The molecule has 11 nitrogen and oxygen atoms in total. The molecule has 1 aromatic carbocycles. The molecule has 4 aromatic rings. The Bertz CT molecular complexity index is 1540. The Hall–Kier alpha value is -4.44. The predicted molar refractivity (Wildman–Crippen MR) is 132 cm³/mol. The Balaban J connectivity index is 1.83. The molecular weight excluding hydrogens is 501 g/mol. The van der Waals surface area contributed by atoms with Gasteiger partial charge in [-0.25, -0.2) is 22.8 Å². The average molecular weight is 524 g/mol. The number of rotatable bonds is 9. The van der Waals surface area contributed by atoms with Crippen molar-refractivity contribution >= 4 is 15.7 Å². The second kappa shape index (κ2) is 10.7. The smallest absolute Gasteiger partial charge is 0.270 e. The van der Waals surface area contributed by atoms with E-state index in [1.165, 1.54) is 25.7 Å². The van der Waals surface area contributed by atoms with Crippen molar-refractivity contribution in [3.05, 3.63) is 77.7 Å². The number of methoxy groups -OCH3 is 2. The maximum absolute atomic E-state index is 13.4. The summed E-state index contributed by atoms with van der Waals surface area (Å²) in [6.07, 6.45) is 1.96. The number of para-hydroxylation sites is 1. The summed E-state index contributed by atoms with van der Waals surface area (Å²) in [6.45, 7) is 8.81. The first-order valence-corrected chi connectivity index (χ1v) is 12.7. The van der Waals surface area contributed by atoms with Gasteiger partial charge in [0.05, 0.1) is 31.9 Å². The van der Waals surface area contributed by atoms with E-state index < -0.39 is 26.7 Å². The molecule has 0 aliphatic carbocycles. The highest BCUT2D eigenvalue weighted by molar-refractivity contribution is 7.91. The molecule has 0 unspecified atom stereocenters. The van der Waals surface area contributed by atoms with Gasteiger partial charge in [-0.05, 0) is 31.2 Å². The summed E-state index contributed by atoms with van der Waals surface area (Å²) < 4.78 is 52.5. The van der Waals surface area contributed by atoms with Gasteiger partial charge in [0.15, 0.2) is 27.2 Å². The highest BCUT2D eigenvalue weighted by Crippen LogP contribution is 2.36. The largest absolute Gasteiger partial charge is 0.494 e. The zero-order chi connectivity index (χ0) is 26.6. The Morgan fingerprint density at radius 3 is 2.32 bits per heavy atom. The summed E-state index contributed by atoms with van der Waals surface area (Å²) in [4.78, 5) is 15.4. The van der Waals surface area contributed by atoms with Crippen molar-refractivity contribution in [1.82, 2.24) is 29.7 Å². The highest BCUT2D eigenvalue weighted by Gasteiger charge is 2.30. The predicted octanol–water partition coefficient (Wildman–Crippen LogP) is 3.37. The molecule has 37 heavy (non-hydrogen) atoms. The summed E-state index contributed by atoms with van der Waals surface area (Å²) in [5, 5.41) is 7.51. The van der Waals surface area contributed by atoms with E-state index in [0.717, 1.165) is 12.4 Å². The lowest BCUT2D eigenvalue weighted by molar-refractivity contribution is 0.390. The number of ether oxygens (including phenoxy) is 2. The van der Waals surface area contributed by atoms with Gasteiger partial charge in [-0.15, -0.1) is 15.2 Å². The molecule has 0 amide bonds. The fraction of sp³-hybridized carbons (Fsp3) is 0.250. The number of hydrogen-bond acceptors (Lipinski definition) is 9. The topological polar surface area (TPSA) is 126 Å². The Morgan fingerprint density at radius 2 is 1.70 bits per heavy atom. The van der Waals surface area contributed by atoms with Crippen LogP contribution in [0.3, 0.4) is 0 Å². The molecule has 0 bridgehead atoms. The van der Waals surface area contributed by atoms with Crippen LogP contribution in [-0.2, 0) is 22.0 Å². The molecule has 0 aliphatic heterocycles. The summed E-state index contributed by atoms with van der Waals surface area (Å²) in [7, 11) is -0.874. The lowest BCUT2D eigenvalue weighted by atomic mass is 10.2. The normalized spacial score (nSPS) is 12.1. The zero-order valence-electron chi connectivity index (χ0n) is 20.2. The lowest BCUT2D eigenvalue weighted by Crippen LogP contribution is -2.24. The first-order valence-electron chi connectivity index (χ1n) is 11.0. The Morgan fingerprint density at radius 1 is 1.05 bits per heavy atom. The summed E-state index contributed by atoms with van der Waals surface area (Å²) in [5.41, 5.74) is 0.688. The molecule has 0 saturated heterocycles. The first-order chi connectivity index (χ1) is 17.8.